The molecule has 0 saturated carbocycles. The van der Waals surface area contributed by atoms with E-state index in [2.05, 4.69) is 56.9 Å². The zero-order valence-corrected chi connectivity index (χ0v) is 16.3. The number of pyridine rings is 1. The molecular formula is C21H25ClN2O. The van der Waals surface area contributed by atoms with E-state index >= 15 is 0 Å². The summed E-state index contributed by atoms with van der Waals surface area (Å²) >= 11 is 0. The first kappa shape index (κ1) is 19.2. The average Bonchev–Trinajstić information content (AvgIpc) is 2.73. The van der Waals surface area contributed by atoms with Crippen LogP contribution in [0, 0.1) is 13.8 Å². The van der Waals surface area contributed by atoms with E-state index in [1.165, 1.54) is 16.8 Å². The van der Waals surface area contributed by atoms with E-state index in [-0.39, 0.29) is 23.6 Å². The van der Waals surface area contributed by atoms with Crippen molar-refractivity contribution < 1.29 is 21.8 Å². The first-order valence-electron chi connectivity index (χ1n) is 8.36. The van der Waals surface area contributed by atoms with Crippen LogP contribution in [0.4, 0.5) is 5.69 Å². The highest BCUT2D eigenvalue weighted by Crippen LogP contribution is 2.46. The Balaban J connectivity index is 0.00000225. The Morgan fingerprint density at radius 2 is 1.84 bits per heavy atom. The van der Waals surface area contributed by atoms with Crippen LogP contribution < -0.4 is 21.9 Å². The lowest BCUT2D eigenvalue weighted by molar-refractivity contribution is -0.690. The fraction of sp³-hybridized carbons (Fsp3) is 0.333. The van der Waals surface area contributed by atoms with Crippen molar-refractivity contribution in [2.75, 3.05) is 11.9 Å². The van der Waals surface area contributed by atoms with Crippen LogP contribution in [-0.4, -0.2) is 12.8 Å². The second kappa shape index (κ2) is 7.01. The number of rotatable bonds is 3. The number of allylic oxidation sites excluding steroid dienone is 2. The predicted octanol–water partition coefficient (Wildman–Crippen LogP) is 0.476. The van der Waals surface area contributed by atoms with E-state index in [4.69, 9.17) is 0 Å². The maximum atomic E-state index is 12.7. The van der Waals surface area contributed by atoms with E-state index < -0.39 is 0 Å². The van der Waals surface area contributed by atoms with Crippen molar-refractivity contribution in [2.24, 2.45) is 0 Å². The standard InChI is InChI=1S/C21H25N2O.ClH/c1-15-9-8-12-23(16(15)2)14-17(24)13-20-21(3,4)18-10-6-7-11-19(18)22(20)5;/h6-13H,14H2,1-5H3;1H/q+1;/p-1. The minimum atomic E-state index is -0.159. The summed E-state index contributed by atoms with van der Waals surface area (Å²) in [5.74, 6) is 0.122. The molecule has 0 atom stereocenters. The number of halogens is 1. The highest BCUT2D eigenvalue weighted by Gasteiger charge is 2.38. The molecular weight excluding hydrogens is 332 g/mol. The van der Waals surface area contributed by atoms with Crippen LogP contribution in [0.15, 0.2) is 54.4 Å². The molecule has 0 N–H and O–H groups in total. The van der Waals surface area contributed by atoms with Crippen LogP contribution in [0.2, 0.25) is 0 Å². The molecule has 0 spiro atoms. The van der Waals surface area contributed by atoms with Crippen molar-refractivity contribution in [3.8, 4) is 0 Å². The minimum absolute atomic E-state index is 0. The topological polar surface area (TPSA) is 24.2 Å². The molecule has 0 radical (unpaired) electrons. The number of ketones is 1. The molecule has 1 aliphatic rings. The van der Waals surface area contributed by atoms with Crippen molar-refractivity contribution in [2.45, 2.75) is 39.7 Å². The van der Waals surface area contributed by atoms with E-state index in [1.54, 1.807) is 0 Å². The van der Waals surface area contributed by atoms with Crippen LogP contribution >= 0.6 is 0 Å². The van der Waals surface area contributed by atoms with Gasteiger partial charge in [0.1, 0.15) is 0 Å². The molecule has 1 aromatic heterocycles. The number of para-hydroxylation sites is 1. The monoisotopic (exact) mass is 356 g/mol. The summed E-state index contributed by atoms with van der Waals surface area (Å²) in [6.07, 6.45) is 3.78. The summed E-state index contributed by atoms with van der Waals surface area (Å²) in [5.41, 5.74) is 5.68. The predicted molar refractivity (Wildman–Crippen MR) is 97.1 cm³/mol. The van der Waals surface area contributed by atoms with Gasteiger partial charge in [0.15, 0.2) is 11.9 Å². The summed E-state index contributed by atoms with van der Waals surface area (Å²) in [7, 11) is 2.04. The fourth-order valence-electron chi connectivity index (χ4n) is 3.55. The molecule has 1 aromatic carbocycles. The first-order chi connectivity index (χ1) is 11.3. The molecule has 0 unspecified atom stereocenters. The molecule has 0 amide bonds. The third kappa shape index (κ3) is 3.34. The van der Waals surface area contributed by atoms with Gasteiger partial charge in [-0.25, -0.2) is 0 Å². The molecule has 3 rings (SSSR count). The second-order valence-corrected chi connectivity index (χ2v) is 7.10. The average molecular weight is 357 g/mol. The van der Waals surface area contributed by atoms with Gasteiger partial charge in [-0.3, -0.25) is 4.79 Å². The molecule has 3 nitrogen and oxygen atoms in total. The molecule has 0 saturated heterocycles. The van der Waals surface area contributed by atoms with E-state index in [0.717, 1.165) is 11.4 Å². The summed E-state index contributed by atoms with van der Waals surface area (Å²) in [6.45, 7) is 8.85. The zero-order valence-electron chi connectivity index (χ0n) is 15.5. The summed E-state index contributed by atoms with van der Waals surface area (Å²) < 4.78 is 2.02. The van der Waals surface area contributed by atoms with Crippen LogP contribution in [0.5, 0.6) is 0 Å². The summed E-state index contributed by atoms with van der Waals surface area (Å²) in [4.78, 5) is 14.8. The Morgan fingerprint density at radius 3 is 2.52 bits per heavy atom. The number of carbonyl (C=O) groups is 1. The number of likely N-dealkylation sites (N-methyl/N-ethyl adjacent to an activating group) is 1. The van der Waals surface area contributed by atoms with Gasteiger partial charge in [-0.05, 0) is 24.6 Å². The number of nitrogens with zero attached hydrogens (tertiary/aromatic N) is 2. The number of fused-ring (bicyclic) bond motifs is 1. The number of hydrogen-bond donors (Lipinski definition) is 0. The zero-order chi connectivity index (χ0) is 17.5. The molecule has 4 heteroatoms. The van der Waals surface area contributed by atoms with E-state index in [1.807, 2.05) is 36.0 Å². The number of benzene rings is 1. The highest BCUT2D eigenvalue weighted by atomic mass is 35.5. The van der Waals surface area contributed by atoms with E-state index in [9.17, 15) is 4.79 Å². The third-order valence-corrected chi connectivity index (χ3v) is 5.18. The molecule has 25 heavy (non-hydrogen) atoms. The molecule has 132 valence electrons. The smallest absolute Gasteiger partial charge is 0.222 e. The van der Waals surface area contributed by atoms with Crippen molar-refractivity contribution in [1.29, 1.82) is 0 Å². The molecule has 2 aromatic rings. The van der Waals surface area contributed by atoms with Gasteiger partial charge in [0, 0.05) is 48.5 Å². The normalized spacial score (nSPS) is 16.5. The summed E-state index contributed by atoms with van der Waals surface area (Å²) in [5, 5.41) is 0. The molecule has 0 aliphatic carbocycles. The second-order valence-electron chi connectivity index (χ2n) is 7.10. The van der Waals surface area contributed by atoms with Gasteiger partial charge >= 0.3 is 0 Å². The number of aromatic nitrogens is 1. The van der Waals surface area contributed by atoms with Crippen molar-refractivity contribution in [3.63, 3.8) is 0 Å². The van der Waals surface area contributed by atoms with Crippen LogP contribution in [0.3, 0.4) is 0 Å². The van der Waals surface area contributed by atoms with Gasteiger partial charge in [-0.15, -0.1) is 0 Å². The maximum absolute atomic E-state index is 12.7. The Kier molecular flexibility index (Phi) is 5.38. The third-order valence-electron chi connectivity index (χ3n) is 5.18. The van der Waals surface area contributed by atoms with Crippen molar-refractivity contribution >= 4 is 11.5 Å². The quantitative estimate of drug-likeness (QED) is 0.590. The fourth-order valence-corrected chi connectivity index (χ4v) is 3.55. The van der Waals surface area contributed by atoms with Crippen molar-refractivity contribution in [3.05, 3.63) is 71.2 Å². The van der Waals surface area contributed by atoms with Gasteiger partial charge < -0.3 is 17.3 Å². The molecule has 2 heterocycles. The van der Waals surface area contributed by atoms with Gasteiger partial charge in [-0.1, -0.05) is 32.0 Å². The first-order valence-corrected chi connectivity index (χ1v) is 8.36. The SMILES string of the molecule is Cc1ccc[n+](CC(=O)C=C2N(C)c3ccccc3C2(C)C)c1C.[Cl-]. The Labute approximate surface area is 156 Å². The lowest BCUT2D eigenvalue weighted by Gasteiger charge is -2.23. The molecule has 0 bridgehead atoms. The Hall–Kier alpha value is -2.13. The Bertz CT molecular complexity index is 840. The van der Waals surface area contributed by atoms with Crippen molar-refractivity contribution in [1.82, 2.24) is 0 Å². The number of hydrogen-bond acceptors (Lipinski definition) is 2. The Morgan fingerprint density at radius 1 is 1.16 bits per heavy atom. The highest BCUT2D eigenvalue weighted by molar-refractivity contribution is 5.91. The molecule has 0 fully saturated rings. The number of aryl methyl sites for hydroxylation is 1. The minimum Gasteiger partial charge on any atom is -1.00 e. The van der Waals surface area contributed by atoms with Gasteiger partial charge in [0.25, 0.3) is 0 Å². The number of carbonyl (C=O) groups excluding carboxylic acids is 1. The summed E-state index contributed by atoms with van der Waals surface area (Å²) in [6, 6.07) is 12.4. The van der Waals surface area contributed by atoms with Gasteiger partial charge in [0.2, 0.25) is 12.3 Å². The largest absolute Gasteiger partial charge is 1.00 e. The van der Waals surface area contributed by atoms with Gasteiger partial charge in [0.05, 0.1) is 0 Å². The maximum Gasteiger partial charge on any atom is 0.222 e. The molecule has 1 aliphatic heterocycles. The van der Waals surface area contributed by atoms with Crippen LogP contribution in [-0.2, 0) is 16.8 Å². The van der Waals surface area contributed by atoms with Crippen LogP contribution in [0.25, 0.3) is 0 Å². The van der Waals surface area contributed by atoms with Gasteiger partial charge in [-0.2, -0.15) is 4.57 Å². The lowest BCUT2D eigenvalue weighted by atomic mass is 9.83. The van der Waals surface area contributed by atoms with Crippen LogP contribution in [0.1, 0.15) is 30.7 Å². The number of anilines is 1. The van der Waals surface area contributed by atoms with E-state index in [0.29, 0.717) is 6.54 Å². The lowest BCUT2D eigenvalue weighted by Crippen LogP contribution is -3.00.